The first kappa shape index (κ1) is 15.8. The van der Waals surface area contributed by atoms with E-state index in [4.69, 9.17) is 14.6 Å². The van der Waals surface area contributed by atoms with Gasteiger partial charge in [-0.3, -0.25) is 5.10 Å². The van der Waals surface area contributed by atoms with Gasteiger partial charge in [0.2, 0.25) is 0 Å². The molecule has 0 aliphatic rings. The minimum absolute atomic E-state index is 0.0655. The van der Waals surface area contributed by atoms with Gasteiger partial charge in [-0.2, -0.15) is 5.10 Å². The SMILES string of the molecule is COc1cc(-c2cc(C(=O)O)[nH]n2)c(OC)c(S(C)(=O)=O)c1. The Morgan fingerprint density at radius 3 is 2.36 bits per heavy atom. The number of carbonyl (C=O) groups is 1. The number of rotatable bonds is 5. The number of sulfone groups is 1. The standard InChI is InChI=1S/C13H14N2O6S/c1-20-7-4-8(9-6-10(13(16)17)15-14-9)12(21-2)11(5-7)22(3,18)19/h4-6H,1-3H3,(H,14,15)(H,16,17). The number of H-pyrrole nitrogens is 1. The third kappa shape index (κ3) is 2.89. The fraction of sp³-hybridized carbons (Fsp3) is 0.231. The Hall–Kier alpha value is -2.55. The van der Waals surface area contributed by atoms with E-state index in [0.29, 0.717) is 5.56 Å². The van der Waals surface area contributed by atoms with Gasteiger partial charge in [-0.15, -0.1) is 0 Å². The molecule has 0 spiro atoms. The summed E-state index contributed by atoms with van der Waals surface area (Å²) >= 11 is 0. The van der Waals surface area contributed by atoms with Gasteiger partial charge in [0.15, 0.2) is 9.84 Å². The molecule has 118 valence electrons. The van der Waals surface area contributed by atoms with Gasteiger partial charge in [0.05, 0.1) is 19.9 Å². The molecule has 2 aromatic rings. The van der Waals surface area contributed by atoms with Crippen LogP contribution >= 0.6 is 0 Å². The van der Waals surface area contributed by atoms with Gasteiger partial charge in [-0.05, 0) is 12.1 Å². The average molecular weight is 326 g/mol. The zero-order valence-corrected chi connectivity index (χ0v) is 12.9. The maximum atomic E-state index is 11.9. The highest BCUT2D eigenvalue weighted by Crippen LogP contribution is 2.38. The van der Waals surface area contributed by atoms with Crippen LogP contribution in [-0.2, 0) is 9.84 Å². The third-order valence-electron chi connectivity index (χ3n) is 2.95. The number of hydrogen-bond donors (Lipinski definition) is 2. The molecule has 0 bridgehead atoms. The summed E-state index contributed by atoms with van der Waals surface area (Å²) in [5.74, 6) is -0.813. The van der Waals surface area contributed by atoms with Crippen molar-refractivity contribution in [2.24, 2.45) is 0 Å². The van der Waals surface area contributed by atoms with Crippen molar-refractivity contribution < 1.29 is 27.8 Å². The Balaban J connectivity index is 2.75. The van der Waals surface area contributed by atoms with Crippen LogP contribution in [0, 0.1) is 0 Å². The molecular weight excluding hydrogens is 312 g/mol. The summed E-state index contributed by atoms with van der Waals surface area (Å²) in [4.78, 5) is 10.9. The summed E-state index contributed by atoms with van der Waals surface area (Å²) in [6, 6.07) is 4.14. The number of ether oxygens (including phenoxy) is 2. The molecule has 8 nitrogen and oxygen atoms in total. The van der Waals surface area contributed by atoms with Gasteiger partial charge < -0.3 is 14.6 Å². The van der Waals surface area contributed by atoms with Crippen LogP contribution < -0.4 is 9.47 Å². The summed E-state index contributed by atoms with van der Waals surface area (Å²) in [5, 5.41) is 15.2. The van der Waals surface area contributed by atoms with E-state index in [1.54, 1.807) is 0 Å². The lowest BCUT2D eigenvalue weighted by Crippen LogP contribution is -2.03. The van der Waals surface area contributed by atoms with Gasteiger partial charge in [0.25, 0.3) is 0 Å². The molecule has 2 rings (SSSR count). The van der Waals surface area contributed by atoms with E-state index in [1.807, 2.05) is 0 Å². The molecule has 1 aromatic heterocycles. The van der Waals surface area contributed by atoms with E-state index in [9.17, 15) is 13.2 Å². The second kappa shape index (κ2) is 5.68. The number of aromatic amines is 1. The second-order valence-corrected chi connectivity index (χ2v) is 6.43. The zero-order chi connectivity index (χ0) is 16.5. The predicted molar refractivity (Wildman–Crippen MR) is 77.2 cm³/mol. The average Bonchev–Trinajstić information content (AvgIpc) is 2.94. The van der Waals surface area contributed by atoms with Gasteiger partial charge in [-0.1, -0.05) is 0 Å². The molecule has 0 saturated heterocycles. The maximum Gasteiger partial charge on any atom is 0.353 e. The molecule has 0 radical (unpaired) electrons. The topological polar surface area (TPSA) is 119 Å². The van der Waals surface area contributed by atoms with Crippen LogP contribution in [0.1, 0.15) is 10.5 Å². The zero-order valence-electron chi connectivity index (χ0n) is 12.1. The first-order valence-corrected chi connectivity index (χ1v) is 7.92. The fourth-order valence-electron chi connectivity index (χ4n) is 1.94. The summed E-state index contributed by atoms with van der Waals surface area (Å²) < 4.78 is 34.1. The van der Waals surface area contributed by atoms with Crippen molar-refractivity contribution in [3.63, 3.8) is 0 Å². The number of nitrogens with zero attached hydrogens (tertiary/aromatic N) is 1. The van der Waals surface area contributed by atoms with E-state index in [1.165, 1.54) is 32.4 Å². The summed E-state index contributed by atoms with van der Waals surface area (Å²) in [5.41, 5.74) is 0.421. The van der Waals surface area contributed by atoms with Crippen LogP contribution in [0.3, 0.4) is 0 Å². The second-order valence-electron chi connectivity index (χ2n) is 4.45. The summed E-state index contributed by atoms with van der Waals surface area (Å²) in [6.07, 6.45) is 1.04. The van der Waals surface area contributed by atoms with Crippen molar-refractivity contribution in [2.75, 3.05) is 20.5 Å². The van der Waals surface area contributed by atoms with Crippen LogP contribution in [0.5, 0.6) is 11.5 Å². The molecule has 0 fully saturated rings. The van der Waals surface area contributed by atoms with Crippen LogP contribution in [0.4, 0.5) is 0 Å². The molecule has 1 aromatic carbocycles. The minimum Gasteiger partial charge on any atom is -0.497 e. The Labute approximate surface area is 126 Å². The van der Waals surface area contributed by atoms with E-state index in [2.05, 4.69) is 10.2 Å². The highest BCUT2D eigenvalue weighted by Gasteiger charge is 2.22. The summed E-state index contributed by atoms with van der Waals surface area (Å²) in [6.45, 7) is 0. The molecule has 22 heavy (non-hydrogen) atoms. The monoisotopic (exact) mass is 326 g/mol. The first-order valence-electron chi connectivity index (χ1n) is 6.03. The molecule has 0 aliphatic carbocycles. The molecule has 1 heterocycles. The number of nitrogens with one attached hydrogen (secondary N) is 1. The number of aromatic carboxylic acids is 1. The first-order chi connectivity index (χ1) is 10.3. The maximum absolute atomic E-state index is 11.9. The molecule has 0 amide bonds. The van der Waals surface area contributed by atoms with Gasteiger partial charge in [0, 0.05) is 17.9 Å². The Morgan fingerprint density at radius 1 is 1.23 bits per heavy atom. The van der Waals surface area contributed by atoms with E-state index >= 15 is 0 Å². The number of benzene rings is 1. The lowest BCUT2D eigenvalue weighted by atomic mass is 10.1. The Kier molecular flexibility index (Phi) is 4.09. The fourth-order valence-corrected chi connectivity index (χ4v) is 2.80. The number of aromatic nitrogens is 2. The van der Waals surface area contributed by atoms with Crippen molar-refractivity contribution in [2.45, 2.75) is 4.90 Å². The Bertz CT molecular complexity index is 825. The van der Waals surface area contributed by atoms with Crippen molar-refractivity contribution in [1.82, 2.24) is 10.2 Å². The van der Waals surface area contributed by atoms with Crippen molar-refractivity contribution >= 4 is 15.8 Å². The molecule has 0 aliphatic heterocycles. The summed E-state index contributed by atoms with van der Waals surface area (Å²) in [7, 11) is -0.860. The number of carboxylic acids is 1. The van der Waals surface area contributed by atoms with Crippen LogP contribution in [-0.4, -0.2) is 50.2 Å². The van der Waals surface area contributed by atoms with Crippen molar-refractivity contribution in [3.05, 3.63) is 23.9 Å². The van der Waals surface area contributed by atoms with Crippen LogP contribution in [0.25, 0.3) is 11.3 Å². The van der Waals surface area contributed by atoms with E-state index < -0.39 is 15.8 Å². The van der Waals surface area contributed by atoms with E-state index in [0.717, 1.165) is 6.26 Å². The molecule has 0 unspecified atom stereocenters. The third-order valence-corrected chi connectivity index (χ3v) is 4.05. The molecule has 0 atom stereocenters. The molecular formula is C13H14N2O6S. The van der Waals surface area contributed by atoms with Gasteiger partial charge >= 0.3 is 5.97 Å². The van der Waals surface area contributed by atoms with E-state index in [-0.39, 0.29) is 27.8 Å². The molecule has 2 N–H and O–H groups in total. The van der Waals surface area contributed by atoms with Crippen LogP contribution in [0.15, 0.2) is 23.1 Å². The number of hydrogen-bond acceptors (Lipinski definition) is 6. The van der Waals surface area contributed by atoms with Gasteiger partial charge in [0.1, 0.15) is 22.1 Å². The smallest absolute Gasteiger partial charge is 0.353 e. The quantitative estimate of drug-likeness (QED) is 0.847. The van der Waals surface area contributed by atoms with Crippen molar-refractivity contribution in [3.8, 4) is 22.8 Å². The van der Waals surface area contributed by atoms with Crippen molar-refractivity contribution in [1.29, 1.82) is 0 Å². The highest BCUT2D eigenvalue weighted by molar-refractivity contribution is 7.90. The minimum atomic E-state index is -3.58. The number of methoxy groups -OCH3 is 2. The predicted octanol–water partition coefficient (Wildman–Crippen LogP) is 1.20. The largest absolute Gasteiger partial charge is 0.497 e. The Morgan fingerprint density at radius 2 is 1.91 bits per heavy atom. The lowest BCUT2D eigenvalue weighted by Gasteiger charge is -2.13. The number of carboxylic acid groups (broad SMARTS) is 1. The molecule has 0 saturated carbocycles. The highest BCUT2D eigenvalue weighted by atomic mass is 32.2. The van der Waals surface area contributed by atoms with Gasteiger partial charge in [-0.25, -0.2) is 13.2 Å². The van der Waals surface area contributed by atoms with Crippen LogP contribution in [0.2, 0.25) is 0 Å². The normalized spacial score (nSPS) is 11.2. The lowest BCUT2D eigenvalue weighted by molar-refractivity contribution is 0.0690. The molecule has 9 heteroatoms.